The van der Waals surface area contributed by atoms with Crippen LogP contribution in [0.4, 0.5) is 0 Å². The van der Waals surface area contributed by atoms with E-state index in [-0.39, 0.29) is 0 Å². The van der Waals surface area contributed by atoms with Crippen molar-refractivity contribution in [3.63, 3.8) is 0 Å². The first-order valence-electron chi connectivity index (χ1n) is 14.5. The summed E-state index contributed by atoms with van der Waals surface area (Å²) in [5.74, 6) is 1.40. The first kappa shape index (κ1) is 32.3. The monoisotopic (exact) mass is 535 g/mol. The Labute approximate surface area is 235 Å². The molecule has 2 aliphatic rings. The molecule has 7 heteroatoms. The molecule has 2 aromatic heterocycles. The second-order valence-corrected chi connectivity index (χ2v) is 10.8. The molecule has 1 saturated carbocycles. The molecular weight excluding hydrogens is 486 g/mol. The molecule has 2 N–H and O–H groups in total. The Morgan fingerprint density at radius 3 is 2.33 bits per heavy atom. The highest BCUT2D eigenvalue weighted by atomic mass is 16.1. The minimum absolute atomic E-state index is 0.375. The smallest absolute Gasteiger partial charge is 0.132 e. The van der Waals surface area contributed by atoms with Gasteiger partial charge in [-0.05, 0) is 90.3 Å². The van der Waals surface area contributed by atoms with Crippen molar-refractivity contribution in [3.8, 4) is 11.3 Å². The standard InChI is InChI=1S/C21H25N3O.C8H15N.C2H7N.CH2O/c1-2-18(25)10-5-3-4-6-12-21-23-15-20(24-21)17-13-16-9-7-8-11-19(16)22-14-17;1-9-6-4-8(2-3-8)5-7-9;1-3-2;1-2/h7-9,11,13-15H,2-6,10,12H2,1H3,(H,23,24);2-7H2,1H3;3H,1-2H3;1H2. The molecule has 1 spiro atoms. The Morgan fingerprint density at radius 2 is 1.67 bits per heavy atom. The fourth-order valence-corrected chi connectivity index (χ4v) is 4.77. The summed E-state index contributed by atoms with van der Waals surface area (Å²) < 4.78 is 0. The van der Waals surface area contributed by atoms with Crippen LogP contribution >= 0.6 is 0 Å². The van der Waals surface area contributed by atoms with Crippen LogP contribution in [0.15, 0.2) is 42.7 Å². The largest absolute Gasteiger partial charge is 0.342 e. The number of fused-ring (bicyclic) bond motifs is 1. The summed E-state index contributed by atoms with van der Waals surface area (Å²) in [6.45, 7) is 6.63. The second kappa shape index (κ2) is 17.6. The van der Waals surface area contributed by atoms with Gasteiger partial charge in [-0.25, -0.2) is 4.98 Å². The minimum Gasteiger partial charge on any atom is -0.342 e. The van der Waals surface area contributed by atoms with E-state index in [0.717, 1.165) is 71.9 Å². The first-order valence-corrected chi connectivity index (χ1v) is 14.5. The lowest BCUT2D eigenvalue weighted by atomic mass is 9.94. The van der Waals surface area contributed by atoms with E-state index in [1.54, 1.807) is 0 Å². The van der Waals surface area contributed by atoms with Gasteiger partial charge in [0.2, 0.25) is 0 Å². The lowest BCUT2D eigenvalue weighted by molar-refractivity contribution is -0.118. The van der Waals surface area contributed by atoms with Crippen LogP contribution in [0.1, 0.15) is 77.0 Å². The number of imidazole rings is 1. The van der Waals surface area contributed by atoms with Gasteiger partial charge in [-0.2, -0.15) is 0 Å². The molecular formula is C32H49N5O2. The van der Waals surface area contributed by atoms with E-state index in [2.05, 4.69) is 44.3 Å². The van der Waals surface area contributed by atoms with Crippen LogP contribution in [-0.2, 0) is 16.0 Å². The number of hydrogen-bond acceptors (Lipinski definition) is 6. The number of nitrogens with zero attached hydrogens (tertiary/aromatic N) is 3. The third-order valence-corrected chi connectivity index (χ3v) is 7.55. The van der Waals surface area contributed by atoms with Gasteiger partial charge in [0.15, 0.2) is 0 Å². The predicted molar refractivity (Wildman–Crippen MR) is 162 cm³/mol. The molecule has 214 valence electrons. The number of benzene rings is 1. The van der Waals surface area contributed by atoms with Gasteiger partial charge in [0, 0.05) is 36.4 Å². The van der Waals surface area contributed by atoms with Gasteiger partial charge < -0.3 is 20.0 Å². The molecule has 5 rings (SSSR count). The van der Waals surface area contributed by atoms with Gasteiger partial charge in [0.05, 0.1) is 17.4 Å². The maximum atomic E-state index is 11.3. The quantitative estimate of drug-likeness (QED) is 0.315. The van der Waals surface area contributed by atoms with Gasteiger partial charge in [0.1, 0.15) is 18.4 Å². The summed E-state index contributed by atoms with van der Waals surface area (Å²) in [5, 5.41) is 3.89. The van der Waals surface area contributed by atoms with Gasteiger partial charge in [-0.1, -0.05) is 38.0 Å². The molecule has 1 aliphatic carbocycles. The number of nitrogens with one attached hydrogen (secondary N) is 2. The summed E-state index contributed by atoms with van der Waals surface area (Å²) in [4.78, 5) is 34.1. The fourth-order valence-electron chi connectivity index (χ4n) is 4.77. The van der Waals surface area contributed by atoms with Crippen molar-refractivity contribution in [1.82, 2.24) is 25.2 Å². The number of para-hydroxylation sites is 1. The van der Waals surface area contributed by atoms with Gasteiger partial charge in [-0.15, -0.1) is 0 Å². The lowest BCUT2D eigenvalue weighted by Crippen LogP contribution is -2.30. The summed E-state index contributed by atoms with van der Waals surface area (Å²) in [7, 11) is 5.98. The number of pyridine rings is 1. The number of carbonyl (C=O) groups excluding carboxylic acids is 2. The van der Waals surface area contributed by atoms with E-state index < -0.39 is 0 Å². The van der Waals surface area contributed by atoms with Crippen molar-refractivity contribution < 1.29 is 9.59 Å². The number of hydrogen-bond donors (Lipinski definition) is 2. The molecule has 3 aromatic rings. The average molecular weight is 536 g/mol. The van der Waals surface area contributed by atoms with Crippen molar-refractivity contribution in [2.75, 3.05) is 34.2 Å². The Bertz CT molecular complexity index is 1100. The summed E-state index contributed by atoms with van der Waals surface area (Å²) in [5.41, 5.74) is 3.96. The number of H-pyrrole nitrogens is 1. The number of aryl methyl sites for hydroxylation is 1. The van der Waals surface area contributed by atoms with Gasteiger partial charge in [0.25, 0.3) is 0 Å². The normalized spacial score (nSPS) is 15.3. The van der Waals surface area contributed by atoms with Crippen LogP contribution in [0.3, 0.4) is 0 Å². The molecule has 7 nitrogen and oxygen atoms in total. The average Bonchev–Trinajstić information content (AvgIpc) is 3.57. The Hall–Kier alpha value is -2.90. The molecule has 1 aromatic carbocycles. The van der Waals surface area contributed by atoms with Crippen LogP contribution in [-0.4, -0.2) is 66.7 Å². The molecule has 0 atom stereocenters. The fraction of sp³-hybridized carbons (Fsp3) is 0.562. The number of aromatic amines is 1. The first-order chi connectivity index (χ1) is 19.0. The van der Waals surface area contributed by atoms with Crippen molar-refractivity contribution in [1.29, 1.82) is 0 Å². The zero-order valence-corrected chi connectivity index (χ0v) is 24.6. The van der Waals surface area contributed by atoms with Crippen molar-refractivity contribution in [2.24, 2.45) is 5.41 Å². The summed E-state index contributed by atoms with van der Waals surface area (Å²) >= 11 is 0. The highest BCUT2D eigenvalue weighted by Crippen LogP contribution is 2.53. The van der Waals surface area contributed by atoms with E-state index in [1.807, 2.05) is 58.4 Å². The molecule has 1 aliphatic heterocycles. The highest BCUT2D eigenvalue weighted by Gasteiger charge is 2.43. The lowest BCUT2D eigenvalue weighted by Gasteiger charge is -2.28. The van der Waals surface area contributed by atoms with Crippen molar-refractivity contribution in [3.05, 3.63) is 48.5 Å². The maximum Gasteiger partial charge on any atom is 0.132 e. The number of piperidine rings is 1. The molecule has 0 unspecified atom stereocenters. The van der Waals surface area contributed by atoms with Crippen LogP contribution in [0.2, 0.25) is 0 Å². The van der Waals surface area contributed by atoms with Gasteiger partial charge in [-0.3, -0.25) is 9.78 Å². The van der Waals surface area contributed by atoms with Crippen molar-refractivity contribution >= 4 is 23.5 Å². The van der Waals surface area contributed by atoms with E-state index in [9.17, 15) is 4.79 Å². The van der Waals surface area contributed by atoms with Crippen molar-refractivity contribution in [2.45, 2.75) is 77.6 Å². The number of rotatable bonds is 9. The van der Waals surface area contributed by atoms with Crippen LogP contribution in [0, 0.1) is 5.41 Å². The van der Waals surface area contributed by atoms with E-state index >= 15 is 0 Å². The minimum atomic E-state index is 0.375. The third kappa shape index (κ3) is 11.4. The third-order valence-electron chi connectivity index (χ3n) is 7.55. The Kier molecular flexibility index (Phi) is 14.6. The zero-order chi connectivity index (χ0) is 28.5. The van der Waals surface area contributed by atoms with E-state index in [4.69, 9.17) is 4.79 Å². The van der Waals surface area contributed by atoms with Crippen LogP contribution < -0.4 is 5.32 Å². The van der Waals surface area contributed by atoms with Crippen LogP contribution in [0.25, 0.3) is 22.2 Å². The summed E-state index contributed by atoms with van der Waals surface area (Å²) in [6, 6.07) is 10.3. The van der Waals surface area contributed by atoms with E-state index in [1.165, 1.54) is 38.8 Å². The molecule has 1 saturated heterocycles. The SMILES string of the molecule is C=O.CCC(=O)CCCCCCc1ncc(-c2cnc3ccccc3c2)[nH]1.CN1CCC2(CC1)CC2.CNC. The Morgan fingerprint density at radius 1 is 1.00 bits per heavy atom. The summed E-state index contributed by atoms with van der Waals surface area (Å²) in [6.07, 6.45) is 16.5. The molecule has 39 heavy (non-hydrogen) atoms. The molecule has 0 radical (unpaired) electrons. The number of Topliss-reactive ketones (excluding diaryl/α,β-unsaturated/α-hetero) is 1. The number of unbranched alkanes of at least 4 members (excludes halogenated alkanes) is 3. The molecule has 0 amide bonds. The topological polar surface area (TPSA) is 91.0 Å². The zero-order valence-electron chi connectivity index (χ0n) is 24.6. The highest BCUT2D eigenvalue weighted by molar-refractivity contribution is 5.82. The van der Waals surface area contributed by atoms with Crippen LogP contribution in [0.5, 0.6) is 0 Å². The maximum absolute atomic E-state index is 11.3. The van der Waals surface area contributed by atoms with Gasteiger partial charge >= 0.3 is 0 Å². The number of carbonyl (C=O) groups is 2. The number of likely N-dealkylation sites (tertiary alicyclic amines) is 1. The molecule has 2 fully saturated rings. The predicted octanol–water partition coefficient (Wildman–Crippen LogP) is 6.24. The molecule has 0 bridgehead atoms. The second-order valence-electron chi connectivity index (χ2n) is 10.8. The van der Waals surface area contributed by atoms with E-state index in [0.29, 0.717) is 12.2 Å². The number of aromatic nitrogens is 3. The Balaban J connectivity index is 0.000000313. The molecule has 3 heterocycles. The number of ketones is 1.